The lowest BCUT2D eigenvalue weighted by Gasteiger charge is -2.32. The van der Waals surface area contributed by atoms with Crippen LogP contribution in [-0.4, -0.2) is 58.3 Å². The van der Waals surface area contributed by atoms with Crippen molar-refractivity contribution >= 4 is 66.3 Å². The molecule has 1 amide bonds. The summed E-state index contributed by atoms with van der Waals surface area (Å²) < 4.78 is 51.6. The molecule has 0 aliphatic carbocycles. The largest absolute Gasteiger partial charge is 0.341 e. The fraction of sp³-hybridized carbons (Fsp3) is 0.409. The maximum Gasteiger partial charge on any atom is 0.264 e. The summed E-state index contributed by atoms with van der Waals surface area (Å²) in [7, 11) is -7.10. The van der Waals surface area contributed by atoms with Crippen molar-refractivity contribution in [3.63, 3.8) is 0 Å². The molecule has 2 aromatic rings. The highest BCUT2D eigenvalue weighted by Crippen LogP contribution is 2.35. The van der Waals surface area contributed by atoms with Crippen LogP contribution in [0.15, 0.2) is 47.4 Å². The van der Waals surface area contributed by atoms with Gasteiger partial charge < -0.3 is 4.90 Å². The lowest BCUT2D eigenvalue weighted by atomic mass is 10.1. The van der Waals surface area contributed by atoms with Crippen molar-refractivity contribution in [2.75, 3.05) is 28.9 Å². The zero-order valence-electron chi connectivity index (χ0n) is 18.5. The summed E-state index contributed by atoms with van der Waals surface area (Å²) in [5, 5.41) is 0.959. The fourth-order valence-corrected chi connectivity index (χ4v) is 7.21. The zero-order chi connectivity index (χ0) is 25.1. The average molecular weight is 568 g/mol. The van der Waals surface area contributed by atoms with Crippen molar-refractivity contribution in [2.24, 2.45) is 0 Å². The Morgan fingerprint density at radius 2 is 1.62 bits per heavy atom. The van der Waals surface area contributed by atoms with Gasteiger partial charge >= 0.3 is 0 Å². The average Bonchev–Trinajstić information content (AvgIpc) is 2.76. The van der Waals surface area contributed by atoms with E-state index in [2.05, 4.69) is 0 Å². The maximum atomic E-state index is 13.6. The van der Waals surface area contributed by atoms with E-state index in [1.165, 1.54) is 40.7 Å². The quantitative estimate of drug-likeness (QED) is 0.463. The molecule has 1 fully saturated rings. The highest BCUT2D eigenvalue weighted by atomic mass is 35.5. The Labute approximate surface area is 215 Å². The van der Waals surface area contributed by atoms with Crippen LogP contribution in [0.5, 0.6) is 0 Å². The molecule has 0 unspecified atom stereocenters. The highest BCUT2D eigenvalue weighted by Gasteiger charge is 2.31. The van der Waals surface area contributed by atoms with E-state index in [4.69, 9.17) is 34.8 Å². The van der Waals surface area contributed by atoms with Crippen molar-refractivity contribution in [3.05, 3.63) is 57.5 Å². The van der Waals surface area contributed by atoms with Gasteiger partial charge in [-0.15, -0.1) is 0 Å². The Bertz CT molecular complexity index is 1240. The van der Waals surface area contributed by atoms with Gasteiger partial charge in [-0.2, -0.15) is 0 Å². The van der Waals surface area contributed by atoms with Gasteiger partial charge in [-0.3, -0.25) is 9.10 Å². The van der Waals surface area contributed by atoms with E-state index in [1.54, 1.807) is 17.9 Å². The SMILES string of the molecule is C[C@H](CCCC(=O)N1CCS(=O)(=O)CC1)N(c1cc(Cl)ccc1Cl)S(=O)(=O)c1ccc(Cl)cc1. The molecule has 1 aliphatic heterocycles. The van der Waals surface area contributed by atoms with E-state index in [-0.39, 0.29) is 52.5 Å². The Balaban J connectivity index is 1.79. The van der Waals surface area contributed by atoms with Crippen LogP contribution >= 0.6 is 34.8 Å². The minimum absolute atomic E-state index is 0.0322. The third-order valence-corrected chi connectivity index (χ3v) is 9.98. The van der Waals surface area contributed by atoms with E-state index in [0.29, 0.717) is 22.9 Å². The molecule has 0 spiro atoms. The van der Waals surface area contributed by atoms with E-state index < -0.39 is 25.9 Å². The van der Waals surface area contributed by atoms with Crippen LogP contribution in [0.4, 0.5) is 5.69 Å². The summed E-state index contributed by atoms with van der Waals surface area (Å²) >= 11 is 18.4. The minimum Gasteiger partial charge on any atom is -0.341 e. The molecule has 1 heterocycles. The highest BCUT2D eigenvalue weighted by molar-refractivity contribution is 7.93. The number of sulfonamides is 1. The van der Waals surface area contributed by atoms with Crippen molar-refractivity contribution in [1.82, 2.24) is 4.90 Å². The van der Waals surface area contributed by atoms with Crippen molar-refractivity contribution in [3.8, 4) is 0 Å². The third-order valence-electron chi connectivity index (χ3n) is 5.63. The Morgan fingerprint density at radius 1 is 1.03 bits per heavy atom. The molecule has 12 heteroatoms. The Morgan fingerprint density at radius 3 is 2.24 bits per heavy atom. The van der Waals surface area contributed by atoms with Crippen molar-refractivity contribution in [2.45, 2.75) is 37.1 Å². The normalized spacial score (nSPS) is 16.8. The second-order valence-electron chi connectivity index (χ2n) is 8.12. The molecule has 0 bridgehead atoms. The first-order valence-electron chi connectivity index (χ1n) is 10.6. The molecule has 7 nitrogen and oxygen atoms in total. The third kappa shape index (κ3) is 6.57. The van der Waals surface area contributed by atoms with Crippen LogP contribution in [0, 0.1) is 0 Å². The summed E-state index contributed by atoms with van der Waals surface area (Å²) in [5.74, 6) is -0.208. The molecule has 186 valence electrons. The smallest absolute Gasteiger partial charge is 0.264 e. The van der Waals surface area contributed by atoms with Crippen LogP contribution < -0.4 is 4.31 Å². The van der Waals surface area contributed by atoms with Crippen LogP contribution in [0.1, 0.15) is 26.2 Å². The van der Waals surface area contributed by atoms with Gasteiger partial charge in [-0.1, -0.05) is 34.8 Å². The summed E-state index contributed by atoms with van der Waals surface area (Å²) in [6.07, 6.45) is 0.962. The molecule has 0 radical (unpaired) electrons. The van der Waals surface area contributed by atoms with Crippen LogP contribution in [0.3, 0.4) is 0 Å². The molecular weight excluding hydrogens is 543 g/mol. The lowest BCUT2D eigenvalue weighted by Crippen LogP contribution is -2.43. The second-order valence-corrected chi connectivity index (χ2v) is 13.5. The van der Waals surface area contributed by atoms with Crippen LogP contribution in [0.25, 0.3) is 0 Å². The number of sulfone groups is 1. The predicted octanol–water partition coefficient (Wildman–Crippen LogP) is 4.66. The molecule has 2 aromatic carbocycles. The number of benzene rings is 2. The van der Waals surface area contributed by atoms with Gasteiger partial charge in [0.25, 0.3) is 10.0 Å². The first kappa shape index (κ1) is 27.1. The van der Waals surface area contributed by atoms with Crippen molar-refractivity contribution in [1.29, 1.82) is 0 Å². The van der Waals surface area contributed by atoms with Gasteiger partial charge in [0, 0.05) is 35.6 Å². The van der Waals surface area contributed by atoms with Crippen LogP contribution in [-0.2, 0) is 24.7 Å². The molecule has 0 N–H and O–H groups in total. The number of anilines is 1. The predicted molar refractivity (Wildman–Crippen MR) is 136 cm³/mol. The van der Waals surface area contributed by atoms with Gasteiger partial charge in [0.05, 0.1) is 27.1 Å². The zero-order valence-corrected chi connectivity index (χ0v) is 22.4. The first-order valence-corrected chi connectivity index (χ1v) is 15.0. The molecule has 34 heavy (non-hydrogen) atoms. The summed E-state index contributed by atoms with van der Waals surface area (Å²) in [4.78, 5) is 14.1. The van der Waals surface area contributed by atoms with E-state index in [9.17, 15) is 21.6 Å². The molecule has 3 rings (SSSR count). The molecule has 0 saturated carbocycles. The summed E-state index contributed by atoms with van der Waals surface area (Å²) in [5.41, 5.74) is 0.240. The lowest BCUT2D eigenvalue weighted by molar-refractivity contribution is -0.131. The van der Waals surface area contributed by atoms with E-state index in [1.807, 2.05) is 0 Å². The number of hydrogen-bond acceptors (Lipinski definition) is 5. The first-order chi connectivity index (χ1) is 15.9. The molecule has 0 aromatic heterocycles. The monoisotopic (exact) mass is 566 g/mol. The Hall–Kier alpha value is -1.52. The molecule has 1 aliphatic rings. The number of carbonyl (C=O) groups excluding carboxylic acids is 1. The standard InChI is InChI=1S/C22H25Cl3N2O5S2/c1-16(3-2-4-22(28)26-11-13-33(29,30)14-12-26)27(21-15-18(24)7-10-20(21)25)34(31,32)19-8-5-17(23)6-9-19/h5-10,15-16H,2-4,11-14H2,1H3/t16-/m1/s1. The maximum absolute atomic E-state index is 13.6. The number of halogens is 3. The molecular formula is C22H25Cl3N2O5S2. The minimum atomic E-state index is -4.02. The van der Waals surface area contributed by atoms with Crippen molar-refractivity contribution < 1.29 is 21.6 Å². The van der Waals surface area contributed by atoms with Gasteiger partial charge in [0.1, 0.15) is 0 Å². The number of hydrogen-bond donors (Lipinski definition) is 0. The van der Waals surface area contributed by atoms with Gasteiger partial charge in [0.2, 0.25) is 5.91 Å². The molecule has 1 atom stereocenters. The van der Waals surface area contributed by atoms with Gasteiger partial charge in [-0.05, 0) is 62.2 Å². The van der Waals surface area contributed by atoms with E-state index >= 15 is 0 Å². The van der Waals surface area contributed by atoms with E-state index in [0.717, 1.165) is 0 Å². The van der Waals surface area contributed by atoms with Crippen LogP contribution in [0.2, 0.25) is 15.1 Å². The summed E-state index contributed by atoms with van der Waals surface area (Å²) in [6.45, 7) is 2.11. The van der Waals surface area contributed by atoms with Gasteiger partial charge in [-0.25, -0.2) is 16.8 Å². The second kappa shape index (κ2) is 11.0. The topological polar surface area (TPSA) is 91.8 Å². The summed E-state index contributed by atoms with van der Waals surface area (Å²) in [6, 6.07) is 9.88. The number of nitrogens with zero attached hydrogens (tertiary/aromatic N) is 2. The number of rotatable bonds is 8. The molecule has 1 saturated heterocycles. The Kier molecular flexibility index (Phi) is 8.79. The number of amides is 1. The number of carbonyl (C=O) groups is 1. The van der Waals surface area contributed by atoms with Gasteiger partial charge in [0.15, 0.2) is 9.84 Å². The fourth-order valence-electron chi connectivity index (χ4n) is 3.76.